The molecular weight excluding hydrogens is 494 g/mol. The highest BCUT2D eigenvalue weighted by Crippen LogP contribution is 2.31. The average Bonchev–Trinajstić information content (AvgIpc) is 3.55. The predicted molar refractivity (Wildman–Crippen MR) is 140 cm³/mol. The van der Waals surface area contributed by atoms with Crippen LogP contribution in [0.3, 0.4) is 0 Å². The van der Waals surface area contributed by atoms with Gasteiger partial charge < -0.3 is 13.9 Å². The Morgan fingerprint density at radius 3 is 2.59 bits per heavy atom. The molecule has 8 nitrogen and oxygen atoms in total. The highest BCUT2D eigenvalue weighted by Gasteiger charge is 2.17. The Balaban J connectivity index is 1.45. The molecule has 0 aliphatic rings. The van der Waals surface area contributed by atoms with Gasteiger partial charge in [0.2, 0.25) is 5.82 Å². The summed E-state index contributed by atoms with van der Waals surface area (Å²) in [5.74, 6) is 0.227. The highest BCUT2D eigenvalue weighted by molar-refractivity contribution is 6.33. The summed E-state index contributed by atoms with van der Waals surface area (Å²) in [6, 6.07) is 23.9. The van der Waals surface area contributed by atoms with E-state index in [2.05, 4.69) is 10.1 Å². The van der Waals surface area contributed by atoms with E-state index in [1.54, 1.807) is 42.5 Å². The number of carboxylic acids is 1. The van der Waals surface area contributed by atoms with Crippen molar-refractivity contribution in [2.45, 2.75) is 0 Å². The first kappa shape index (κ1) is 22.5. The molecule has 180 valence electrons. The second kappa shape index (κ2) is 8.92. The van der Waals surface area contributed by atoms with Crippen molar-refractivity contribution in [3.8, 4) is 22.9 Å². The topological polar surface area (TPSA) is 111 Å². The summed E-state index contributed by atoms with van der Waals surface area (Å²) in [5, 5.41) is 15.3. The summed E-state index contributed by atoms with van der Waals surface area (Å²) in [6.45, 7) is 0. The molecule has 3 aromatic carbocycles. The fourth-order valence-electron chi connectivity index (χ4n) is 4.01. The van der Waals surface area contributed by atoms with Gasteiger partial charge in [-0.05, 0) is 54.6 Å². The molecule has 0 aliphatic carbocycles. The number of halogens is 1. The van der Waals surface area contributed by atoms with Crippen LogP contribution in [-0.2, 0) is 0 Å². The Kier molecular flexibility index (Phi) is 5.43. The Labute approximate surface area is 213 Å². The molecule has 9 heteroatoms. The largest absolute Gasteiger partial charge is 0.478 e. The summed E-state index contributed by atoms with van der Waals surface area (Å²) in [4.78, 5) is 29.4. The number of fused-ring (bicyclic) bond motifs is 2. The van der Waals surface area contributed by atoms with Crippen LogP contribution >= 0.6 is 11.6 Å². The van der Waals surface area contributed by atoms with E-state index in [1.807, 2.05) is 24.3 Å². The van der Waals surface area contributed by atoms with Crippen molar-refractivity contribution in [1.29, 1.82) is 0 Å². The average molecular weight is 510 g/mol. The summed E-state index contributed by atoms with van der Waals surface area (Å²) in [6.07, 6.45) is 1.38. The van der Waals surface area contributed by atoms with Crippen LogP contribution in [0.5, 0.6) is 0 Å². The van der Waals surface area contributed by atoms with Gasteiger partial charge >= 0.3 is 5.97 Å². The third-order valence-electron chi connectivity index (χ3n) is 5.81. The molecule has 0 atom stereocenters. The van der Waals surface area contributed by atoms with Crippen molar-refractivity contribution in [2.75, 3.05) is 0 Å². The summed E-state index contributed by atoms with van der Waals surface area (Å²) in [5.41, 5.74) is 1.31. The lowest BCUT2D eigenvalue weighted by atomic mass is 10.1. The van der Waals surface area contributed by atoms with Gasteiger partial charge in [0.1, 0.15) is 17.1 Å². The molecule has 0 radical (unpaired) electrons. The third kappa shape index (κ3) is 4.09. The first-order chi connectivity index (χ1) is 18.0. The van der Waals surface area contributed by atoms with Crippen molar-refractivity contribution in [2.24, 2.45) is 5.10 Å². The molecule has 0 saturated heterocycles. The second-order valence-corrected chi connectivity index (χ2v) is 8.57. The van der Waals surface area contributed by atoms with E-state index in [4.69, 9.17) is 20.4 Å². The second-order valence-electron chi connectivity index (χ2n) is 8.16. The van der Waals surface area contributed by atoms with Gasteiger partial charge in [-0.25, -0.2) is 9.78 Å². The van der Waals surface area contributed by atoms with Gasteiger partial charge in [-0.15, -0.1) is 0 Å². The summed E-state index contributed by atoms with van der Waals surface area (Å²) >= 11 is 6.27. The first-order valence-electron chi connectivity index (χ1n) is 11.2. The molecule has 0 spiro atoms. The standard InChI is InChI=1S/C28H16ClN3O5/c29-21-11-9-17(28(34)35)13-20(21)24-12-10-18(36-24)15-30-32-26(25-14-16-5-1-4-8-23(16)37-25)31-22-7-3-2-6-19(22)27(32)33/h1-15H,(H,34,35). The van der Waals surface area contributed by atoms with E-state index in [9.17, 15) is 14.7 Å². The van der Waals surface area contributed by atoms with Gasteiger partial charge in [0.25, 0.3) is 5.56 Å². The van der Waals surface area contributed by atoms with Crippen molar-refractivity contribution in [3.63, 3.8) is 0 Å². The third-order valence-corrected chi connectivity index (χ3v) is 6.14. The molecule has 3 heterocycles. The maximum Gasteiger partial charge on any atom is 0.335 e. The van der Waals surface area contributed by atoms with Gasteiger partial charge in [0, 0.05) is 10.9 Å². The van der Waals surface area contributed by atoms with Crippen LogP contribution in [0.2, 0.25) is 5.02 Å². The lowest BCUT2D eigenvalue weighted by Gasteiger charge is -2.07. The van der Waals surface area contributed by atoms with Crippen LogP contribution in [-0.4, -0.2) is 27.0 Å². The smallest absolute Gasteiger partial charge is 0.335 e. The number of nitrogens with zero attached hydrogens (tertiary/aromatic N) is 3. The van der Waals surface area contributed by atoms with Crippen LogP contribution in [0.4, 0.5) is 0 Å². The zero-order valence-corrected chi connectivity index (χ0v) is 19.7. The first-order valence-corrected chi connectivity index (χ1v) is 11.5. The molecule has 0 bridgehead atoms. The number of aromatic carboxylic acids is 1. The predicted octanol–water partition coefficient (Wildman–Crippen LogP) is 6.30. The van der Waals surface area contributed by atoms with Gasteiger partial charge in [0.15, 0.2) is 5.76 Å². The van der Waals surface area contributed by atoms with Crippen LogP contribution in [0.1, 0.15) is 16.1 Å². The maximum absolute atomic E-state index is 13.4. The normalized spacial score (nSPS) is 11.6. The number of aromatic nitrogens is 2. The van der Waals surface area contributed by atoms with Crippen molar-refractivity contribution >= 4 is 45.7 Å². The van der Waals surface area contributed by atoms with E-state index in [1.165, 1.54) is 29.1 Å². The molecule has 3 aromatic heterocycles. The monoisotopic (exact) mass is 509 g/mol. The number of carbonyl (C=O) groups is 1. The Hall–Kier alpha value is -4.95. The van der Waals surface area contributed by atoms with E-state index < -0.39 is 5.97 Å². The minimum absolute atomic E-state index is 0.0790. The lowest BCUT2D eigenvalue weighted by molar-refractivity contribution is 0.0697. The number of furan rings is 2. The number of hydrogen-bond donors (Lipinski definition) is 1. The zero-order chi connectivity index (χ0) is 25.5. The van der Waals surface area contributed by atoms with Crippen LogP contribution in [0.15, 0.2) is 104 Å². The number of hydrogen-bond acceptors (Lipinski definition) is 6. The number of carboxylic acid groups (broad SMARTS) is 1. The molecule has 6 aromatic rings. The van der Waals surface area contributed by atoms with Crippen molar-refractivity contribution < 1.29 is 18.7 Å². The number of rotatable bonds is 5. The van der Waals surface area contributed by atoms with E-state index >= 15 is 0 Å². The van der Waals surface area contributed by atoms with E-state index in [0.717, 1.165) is 5.39 Å². The molecule has 0 amide bonds. The Morgan fingerprint density at radius 1 is 0.946 bits per heavy atom. The van der Waals surface area contributed by atoms with Crippen LogP contribution in [0.25, 0.3) is 44.8 Å². The summed E-state index contributed by atoms with van der Waals surface area (Å²) < 4.78 is 13.0. The lowest BCUT2D eigenvalue weighted by Crippen LogP contribution is -2.20. The zero-order valence-electron chi connectivity index (χ0n) is 19.0. The molecule has 0 aliphatic heterocycles. The molecule has 0 saturated carbocycles. The highest BCUT2D eigenvalue weighted by atomic mass is 35.5. The number of benzene rings is 3. The molecule has 1 N–H and O–H groups in total. The molecule has 0 unspecified atom stereocenters. The number of para-hydroxylation sites is 2. The van der Waals surface area contributed by atoms with Gasteiger partial charge in [-0.2, -0.15) is 9.78 Å². The van der Waals surface area contributed by atoms with Gasteiger partial charge in [-0.1, -0.05) is 41.9 Å². The molecular formula is C28H16ClN3O5. The van der Waals surface area contributed by atoms with Gasteiger partial charge in [-0.3, -0.25) is 4.79 Å². The summed E-state index contributed by atoms with van der Waals surface area (Å²) in [7, 11) is 0. The fraction of sp³-hybridized carbons (Fsp3) is 0. The van der Waals surface area contributed by atoms with E-state index in [0.29, 0.717) is 44.4 Å². The SMILES string of the molecule is O=C(O)c1ccc(Cl)c(-c2ccc(C=Nn3c(-c4cc5ccccc5o4)nc4ccccc4c3=O)o2)c1. The maximum atomic E-state index is 13.4. The Bertz CT molecular complexity index is 1880. The van der Waals surface area contributed by atoms with Crippen LogP contribution in [0, 0.1) is 0 Å². The van der Waals surface area contributed by atoms with E-state index in [-0.39, 0.29) is 16.9 Å². The Morgan fingerprint density at radius 2 is 1.76 bits per heavy atom. The van der Waals surface area contributed by atoms with Crippen molar-refractivity contribution in [3.05, 3.63) is 112 Å². The fourth-order valence-corrected chi connectivity index (χ4v) is 4.22. The van der Waals surface area contributed by atoms with Crippen molar-refractivity contribution in [1.82, 2.24) is 9.66 Å². The molecule has 6 rings (SSSR count). The molecule has 0 fully saturated rings. The minimum Gasteiger partial charge on any atom is -0.478 e. The quantitative estimate of drug-likeness (QED) is 0.273. The van der Waals surface area contributed by atoms with Crippen LogP contribution < -0.4 is 5.56 Å². The van der Waals surface area contributed by atoms with Gasteiger partial charge in [0.05, 0.1) is 27.7 Å². The minimum atomic E-state index is -1.08. The molecule has 37 heavy (non-hydrogen) atoms.